The lowest BCUT2D eigenvalue weighted by Gasteiger charge is -2.11. The zero-order chi connectivity index (χ0) is 14.2. The largest absolute Gasteiger partial charge is 0.436 e. The molecular weight excluding hydrogens is 301 g/mol. The number of hydrogen-bond acceptors (Lipinski definition) is 4. The molecule has 1 aromatic heterocycles. The van der Waals surface area contributed by atoms with Crippen LogP contribution in [0.4, 0.5) is 13.2 Å². The van der Waals surface area contributed by atoms with Crippen LogP contribution < -0.4 is 5.73 Å². The topological polar surface area (TPSA) is 75.7 Å². The van der Waals surface area contributed by atoms with Gasteiger partial charge in [0, 0.05) is 5.02 Å². The maximum Gasteiger partial charge on any atom is 0.436 e. The van der Waals surface area contributed by atoms with E-state index in [-0.39, 0.29) is 11.0 Å². The summed E-state index contributed by atoms with van der Waals surface area (Å²) in [5.74, 6) is 0. The number of fused-ring (bicyclic) bond motifs is 1. The molecule has 0 amide bonds. The minimum atomic E-state index is -4.67. The van der Waals surface area contributed by atoms with Gasteiger partial charge in [-0.1, -0.05) is 11.6 Å². The average molecular weight is 307 g/mol. The van der Waals surface area contributed by atoms with Gasteiger partial charge in [-0.2, -0.15) is 13.2 Å². The van der Waals surface area contributed by atoms with Crippen LogP contribution in [0.25, 0.3) is 11.0 Å². The molecule has 0 bridgehead atoms. The van der Waals surface area contributed by atoms with E-state index in [0.717, 1.165) is 0 Å². The maximum absolute atomic E-state index is 12.9. The van der Waals surface area contributed by atoms with E-state index in [1.165, 1.54) is 18.2 Å². The van der Waals surface area contributed by atoms with E-state index < -0.39 is 22.1 Å². The molecule has 1 aromatic carbocycles. The molecule has 0 saturated carbocycles. The molecule has 0 aliphatic heterocycles. The molecule has 0 radical (unpaired) electrons. The molecule has 1 heterocycles. The monoisotopic (exact) mass is 306 g/mol. The molecule has 3 N–H and O–H groups in total. The highest BCUT2D eigenvalue weighted by Crippen LogP contribution is 2.35. The van der Waals surface area contributed by atoms with Gasteiger partial charge >= 0.3 is 6.18 Å². The average Bonchev–Trinajstić information content (AvgIpc) is 2.25. The van der Waals surface area contributed by atoms with Gasteiger partial charge in [0.05, 0.1) is 11.0 Å². The highest BCUT2D eigenvalue weighted by molar-refractivity contribution is 8.13. The second-order valence-corrected chi connectivity index (χ2v) is 4.94. The molecule has 0 aliphatic rings. The number of hydrogen-bond donors (Lipinski definition) is 2. The highest BCUT2D eigenvalue weighted by Gasteiger charge is 2.37. The highest BCUT2D eigenvalue weighted by atomic mass is 35.5. The van der Waals surface area contributed by atoms with Gasteiger partial charge in [0.1, 0.15) is 5.03 Å². The third-order valence-electron chi connectivity index (χ3n) is 2.07. The smallest absolute Gasteiger partial charge is 0.378 e. The van der Waals surface area contributed by atoms with Crippen molar-refractivity contribution >= 4 is 39.6 Å². The number of rotatable bonds is 1. The van der Waals surface area contributed by atoms with E-state index in [9.17, 15) is 13.2 Å². The maximum atomic E-state index is 12.9. The van der Waals surface area contributed by atoms with E-state index in [2.05, 4.69) is 9.97 Å². The molecule has 0 atom stereocenters. The fourth-order valence-corrected chi connectivity index (χ4v) is 2.15. The first-order valence-corrected chi connectivity index (χ1v) is 6.03. The number of nitrogens with one attached hydrogen (secondary N) is 1. The van der Waals surface area contributed by atoms with Gasteiger partial charge in [-0.15, -0.1) is 0 Å². The Morgan fingerprint density at radius 2 is 1.95 bits per heavy atom. The van der Waals surface area contributed by atoms with E-state index in [1.807, 2.05) is 0 Å². The second-order valence-electron chi connectivity index (χ2n) is 3.47. The van der Waals surface area contributed by atoms with Gasteiger partial charge in [-0.25, -0.2) is 9.97 Å². The standard InChI is InChI=1S/C10H6ClF3N4S/c11-4-1-2-5-6(3-4)18-8(19-9(15)16)7(17-5)10(12,13)14/h1-3H,(H3,15,16). The van der Waals surface area contributed by atoms with Crippen LogP contribution >= 0.6 is 23.4 Å². The lowest BCUT2D eigenvalue weighted by atomic mass is 10.3. The van der Waals surface area contributed by atoms with Gasteiger partial charge in [0.2, 0.25) is 0 Å². The van der Waals surface area contributed by atoms with E-state index in [4.69, 9.17) is 22.7 Å². The molecule has 4 nitrogen and oxygen atoms in total. The second kappa shape index (κ2) is 4.86. The summed E-state index contributed by atoms with van der Waals surface area (Å²) in [6.07, 6.45) is -4.67. The van der Waals surface area contributed by atoms with E-state index in [0.29, 0.717) is 16.8 Å². The van der Waals surface area contributed by atoms with Crippen molar-refractivity contribution < 1.29 is 13.2 Å². The molecule has 2 aromatic rings. The van der Waals surface area contributed by atoms with Gasteiger partial charge in [0.15, 0.2) is 10.9 Å². The lowest BCUT2D eigenvalue weighted by molar-refractivity contribution is -0.143. The summed E-state index contributed by atoms with van der Waals surface area (Å²) in [7, 11) is 0. The summed E-state index contributed by atoms with van der Waals surface area (Å²) < 4.78 is 38.6. The first kappa shape index (κ1) is 13.9. The van der Waals surface area contributed by atoms with Crippen molar-refractivity contribution in [2.24, 2.45) is 5.73 Å². The summed E-state index contributed by atoms with van der Waals surface area (Å²) in [6.45, 7) is 0. The van der Waals surface area contributed by atoms with Crippen molar-refractivity contribution in [1.29, 1.82) is 5.41 Å². The SMILES string of the molecule is N=C(N)Sc1nc2cc(Cl)ccc2nc1C(F)(F)F. The number of nitrogens with two attached hydrogens (primary N) is 1. The number of halogens is 4. The quantitative estimate of drug-likeness (QED) is 0.481. The molecule has 0 spiro atoms. The van der Waals surface area contributed by atoms with Crippen LogP contribution in [0.1, 0.15) is 5.69 Å². The number of thioether (sulfide) groups is 1. The number of alkyl halides is 3. The van der Waals surface area contributed by atoms with Gasteiger partial charge in [-0.3, -0.25) is 5.41 Å². The van der Waals surface area contributed by atoms with E-state index >= 15 is 0 Å². The van der Waals surface area contributed by atoms with Crippen LogP contribution in [0, 0.1) is 5.41 Å². The van der Waals surface area contributed by atoms with Crippen molar-refractivity contribution in [1.82, 2.24) is 9.97 Å². The molecule has 0 aliphatic carbocycles. The van der Waals surface area contributed by atoms with Gasteiger partial charge < -0.3 is 5.73 Å². The number of benzene rings is 1. The van der Waals surface area contributed by atoms with Crippen molar-refractivity contribution in [3.63, 3.8) is 0 Å². The van der Waals surface area contributed by atoms with Crippen LogP contribution in [0.15, 0.2) is 23.2 Å². The Hall–Kier alpha value is -1.54. The van der Waals surface area contributed by atoms with Crippen LogP contribution in [0.5, 0.6) is 0 Å². The molecular formula is C10H6ClF3N4S. The Balaban J connectivity index is 2.70. The normalized spacial score (nSPS) is 11.8. The Kier molecular flexibility index (Phi) is 3.55. The third-order valence-corrected chi connectivity index (χ3v) is 3.00. The molecule has 0 unspecified atom stereocenters. The zero-order valence-corrected chi connectivity index (χ0v) is 10.7. The van der Waals surface area contributed by atoms with Crippen LogP contribution in [0.3, 0.4) is 0 Å². The number of amidine groups is 1. The van der Waals surface area contributed by atoms with Crippen molar-refractivity contribution in [3.8, 4) is 0 Å². The van der Waals surface area contributed by atoms with E-state index in [1.54, 1.807) is 0 Å². The molecule has 2 rings (SSSR count). The van der Waals surface area contributed by atoms with Crippen molar-refractivity contribution in [3.05, 3.63) is 28.9 Å². The fourth-order valence-electron chi connectivity index (χ4n) is 1.37. The first-order chi connectivity index (χ1) is 8.77. The Morgan fingerprint density at radius 3 is 2.53 bits per heavy atom. The summed E-state index contributed by atoms with van der Waals surface area (Å²) in [6, 6.07) is 4.17. The molecule has 0 saturated heterocycles. The molecule has 100 valence electrons. The molecule has 19 heavy (non-hydrogen) atoms. The number of nitrogens with zero attached hydrogens (tertiary/aromatic N) is 2. The Morgan fingerprint density at radius 1 is 1.26 bits per heavy atom. The van der Waals surface area contributed by atoms with Crippen LogP contribution in [0.2, 0.25) is 5.02 Å². The summed E-state index contributed by atoms with van der Waals surface area (Å²) >= 11 is 6.14. The summed E-state index contributed by atoms with van der Waals surface area (Å²) in [5.41, 5.74) is 4.22. The fraction of sp³-hybridized carbons (Fsp3) is 0.100. The third kappa shape index (κ3) is 3.07. The van der Waals surface area contributed by atoms with Crippen molar-refractivity contribution in [2.75, 3.05) is 0 Å². The zero-order valence-electron chi connectivity index (χ0n) is 9.12. The predicted molar refractivity (Wildman–Crippen MR) is 67.3 cm³/mol. The minimum Gasteiger partial charge on any atom is -0.378 e. The Labute approximate surface area is 114 Å². The van der Waals surface area contributed by atoms with Gasteiger partial charge in [-0.05, 0) is 30.0 Å². The molecule has 0 fully saturated rings. The van der Waals surface area contributed by atoms with Crippen LogP contribution in [-0.4, -0.2) is 15.1 Å². The lowest BCUT2D eigenvalue weighted by Crippen LogP contribution is -2.14. The predicted octanol–water partition coefficient (Wildman–Crippen LogP) is 3.29. The first-order valence-electron chi connectivity index (χ1n) is 4.84. The summed E-state index contributed by atoms with van der Waals surface area (Å²) in [5, 5.41) is 6.43. The Bertz CT molecular complexity index is 659. The number of aromatic nitrogens is 2. The van der Waals surface area contributed by atoms with Crippen molar-refractivity contribution in [2.45, 2.75) is 11.2 Å². The summed E-state index contributed by atoms with van der Waals surface area (Å²) in [4.78, 5) is 7.34. The van der Waals surface area contributed by atoms with Crippen LogP contribution in [-0.2, 0) is 6.18 Å². The molecule has 9 heteroatoms. The van der Waals surface area contributed by atoms with Gasteiger partial charge in [0.25, 0.3) is 0 Å². The minimum absolute atomic E-state index is 0.0737.